The number of aliphatic hydroxyl groups excluding tert-OH is 1. The van der Waals surface area contributed by atoms with Crippen molar-refractivity contribution >= 4 is 23.9 Å². The van der Waals surface area contributed by atoms with Crippen LogP contribution in [0, 0.1) is 0 Å². The van der Waals surface area contributed by atoms with Crippen molar-refractivity contribution in [2.75, 3.05) is 32.8 Å². The van der Waals surface area contributed by atoms with E-state index >= 15 is 0 Å². The van der Waals surface area contributed by atoms with E-state index in [4.69, 9.17) is 9.84 Å². The van der Waals surface area contributed by atoms with Crippen molar-refractivity contribution in [3.8, 4) is 0 Å². The molecule has 0 bridgehead atoms. The molecule has 0 radical (unpaired) electrons. The monoisotopic (exact) mass is 385 g/mol. The Labute approximate surface area is 157 Å². The Hall–Kier alpha value is -2.62. The van der Waals surface area contributed by atoms with Crippen molar-refractivity contribution in [1.29, 1.82) is 0 Å². The van der Waals surface area contributed by atoms with Crippen LogP contribution in [0.4, 0.5) is 4.79 Å². The number of hydrogen-bond acceptors (Lipinski definition) is 6. The van der Waals surface area contributed by atoms with E-state index in [1.807, 2.05) is 0 Å². The van der Waals surface area contributed by atoms with Gasteiger partial charge in [0, 0.05) is 44.8 Å². The number of aliphatic carboxylic acids is 1. The number of aliphatic hydroxyl groups is 1. The quantitative estimate of drug-likeness (QED) is 0.528. The molecule has 1 unspecified atom stereocenters. The van der Waals surface area contributed by atoms with Gasteiger partial charge in [-0.2, -0.15) is 0 Å². The van der Waals surface area contributed by atoms with Crippen LogP contribution in [0.1, 0.15) is 27.2 Å². The number of piperazine rings is 1. The van der Waals surface area contributed by atoms with Gasteiger partial charge < -0.3 is 25.2 Å². The Bertz CT molecular complexity index is 598. The summed E-state index contributed by atoms with van der Waals surface area (Å²) in [4.78, 5) is 49.1. The minimum Gasteiger partial charge on any atom is -0.478 e. The number of nitrogens with zero attached hydrogens (tertiary/aromatic N) is 2. The first-order chi connectivity index (χ1) is 12.5. The number of carbonyl (C=O) groups excluding carboxylic acids is 3. The average Bonchev–Trinajstić information content (AvgIpc) is 2.57. The van der Waals surface area contributed by atoms with Crippen LogP contribution in [-0.4, -0.2) is 88.3 Å². The highest BCUT2D eigenvalue weighted by molar-refractivity contribution is 5.94. The summed E-state index contributed by atoms with van der Waals surface area (Å²) in [5.74, 6) is -2.08. The van der Waals surface area contributed by atoms with Gasteiger partial charge in [0.25, 0.3) is 0 Å². The molecule has 0 aromatic heterocycles. The van der Waals surface area contributed by atoms with E-state index in [1.54, 1.807) is 20.8 Å². The summed E-state index contributed by atoms with van der Waals surface area (Å²) in [6.45, 7) is 5.69. The number of carboxylic acids is 1. The number of rotatable bonds is 6. The third-order valence-corrected chi connectivity index (χ3v) is 3.69. The highest BCUT2D eigenvalue weighted by Gasteiger charge is 2.34. The maximum Gasteiger partial charge on any atom is 0.410 e. The first-order valence-corrected chi connectivity index (χ1v) is 8.60. The largest absolute Gasteiger partial charge is 0.478 e. The van der Waals surface area contributed by atoms with Crippen molar-refractivity contribution in [1.82, 2.24) is 15.1 Å². The molecule has 1 aliphatic heterocycles. The fraction of sp³-hybridized carbons (Fsp3) is 0.647. The highest BCUT2D eigenvalue weighted by atomic mass is 16.6. The predicted molar refractivity (Wildman–Crippen MR) is 94.8 cm³/mol. The molecule has 1 atom stereocenters. The summed E-state index contributed by atoms with van der Waals surface area (Å²) in [7, 11) is 0. The summed E-state index contributed by atoms with van der Waals surface area (Å²) in [5, 5.41) is 20.4. The third kappa shape index (κ3) is 8.07. The molecule has 0 saturated carbocycles. The number of nitrogens with one attached hydrogen (secondary N) is 1. The van der Waals surface area contributed by atoms with Gasteiger partial charge in [-0.15, -0.1) is 0 Å². The van der Waals surface area contributed by atoms with Crippen molar-refractivity contribution < 1.29 is 34.1 Å². The molecule has 3 amide bonds. The standard InChI is InChI=1S/C17H27N3O7/c1-17(2,3)27-16(26)20-9-8-19(10-12(20)11-21)14(23)6-7-18-13(22)4-5-15(24)25/h4-5,12,21H,6-11H2,1-3H3,(H,18,22)(H,24,25)/b5-4-. The van der Waals surface area contributed by atoms with E-state index in [-0.39, 0.29) is 38.6 Å². The summed E-state index contributed by atoms with van der Waals surface area (Å²) < 4.78 is 5.31. The van der Waals surface area contributed by atoms with Crippen LogP contribution < -0.4 is 5.32 Å². The van der Waals surface area contributed by atoms with Gasteiger partial charge in [-0.05, 0) is 20.8 Å². The molecular weight excluding hydrogens is 358 g/mol. The van der Waals surface area contributed by atoms with E-state index < -0.39 is 29.6 Å². The van der Waals surface area contributed by atoms with Crippen LogP contribution >= 0.6 is 0 Å². The molecule has 10 nitrogen and oxygen atoms in total. The first kappa shape index (κ1) is 22.4. The Morgan fingerprint density at radius 3 is 2.41 bits per heavy atom. The molecule has 0 aliphatic carbocycles. The Morgan fingerprint density at radius 2 is 1.85 bits per heavy atom. The topological polar surface area (TPSA) is 136 Å². The lowest BCUT2D eigenvalue weighted by Crippen LogP contribution is -2.58. The number of hydrogen-bond donors (Lipinski definition) is 3. The minimum absolute atomic E-state index is 0.0250. The second-order valence-electron chi connectivity index (χ2n) is 7.06. The molecule has 0 aromatic carbocycles. The molecule has 27 heavy (non-hydrogen) atoms. The lowest BCUT2D eigenvalue weighted by molar-refractivity contribution is -0.135. The maximum absolute atomic E-state index is 12.3. The van der Waals surface area contributed by atoms with Crippen LogP contribution in [0.3, 0.4) is 0 Å². The SMILES string of the molecule is CC(C)(C)OC(=O)N1CCN(C(=O)CCNC(=O)/C=C\C(=O)O)CC1CO. The van der Waals surface area contributed by atoms with Gasteiger partial charge in [0.1, 0.15) is 5.60 Å². The summed E-state index contributed by atoms with van der Waals surface area (Å²) >= 11 is 0. The Balaban J connectivity index is 2.49. The van der Waals surface area contributed by atoms with E-state index in [2.05, 4.69) is 5.32 Å². The number of ether oxygens (including phenoxy) is 1. The van der Waals surface area contributed by atoms with Crippen molar-refractivity contribution in [3.05, 3.63) is 12.2 Å². The molecule has 0 aromatic rings. The number of carbonyl (C=O) groups is 4. The zero-order valence-electron chi connectivity index (χ0n) is 15.8. The Morgan fingerprint density at radius 1 is 1.19 bits per heavy atom. The predicted octanol–water partition coefficient (Wildman–Crippen LogP) is -0.426. The fourth-order valence-corrected chi connectivity index (χ4v) is 2.46. The molecule has 1 fully saturated rings. The lowest BCUT2D eigenvalue weighted by atomic mass is 10.1. The molecular formula is C17H27N3O7. The summed E-state index contributed by atoms with van der Waals surface area (Å²) in [5.41, 5.74) is -0.655. The lowest BCUT2D eigenvalue weighted by Gasteiger charge is -2.41. The van der Waals surface area contributed by atoms with E-state index in [0.717, 1.165) is 6.08 Å². The van der Waals surface area contributed by atoms with Crippen LogP contribution in [0.15, 0.2) is 12.2 Å². The zero-order valence-corrected chi connectivity index (χ0v) is 15.8. The number of amides is 3. The molecule has 1 saturated heterocycles. The summed E-state index contributed by atoms with van der Waals surface area (Å²) in [6.07, 6.45) is 1.07. The van der Waals surface area contributed by atoms with E-state index in [1.165, 1.54) is 9.80 Å². The maximum atomic E-state index is 12.3. The highest BCUT2D eigenvalue weighted by Crippen LogP contribution is 2.16. The van der Waals surface area contributed by atoms with Crippen LogP contribution in [-0.2, 0) is 19.1 Å². The van der Waals surface area contributed by atoms with E-state index in [9.17, 15) is 24.3 Å². The van der Waals surface area contributed by atoms with Gasteiger partial charge in [-0.3, -0.25) is 14.5 Å². The fourth-order valence-electron chi connectivity index (χ4n) is 2.46. The van der Waals surface area contributed by atoms with Crippen LogP contribution in [0.2, 0.25) is 0 Å². The smallest absolute Gasteiger partial charge is 0.410 e. The van der Waals surface area contributed by atoms with Crippen molar-refractivity contribution in [3.63, 3.8) is 0 Å². The molecule has 0 spiro atoms. The van der Waals surface area contributed by atoms with Crippen LogP contribution in [0.5, 0.6) is 0 Å². The second-order valence-corrected chi connectivity index (χ2v) is 7.06. The molecule has 3 N–H and O–H groups in total. The van der Waals surface area contributed by atoms with Crippen molar-refractivity contribution in [2.45, 2.75) is 38.8 Å². The van der Waals surface area contributed by atoms with E-state index in [0.29, 0.717) is 12.6 Å². The van der Waals surface area contributed by atoms with Crippen molar-refractivity contribution in [2.24, 2.45) is 0 Å². The minimum atomic E-state index is -1.24. The third-order valence-electron chi connectivity index (χ3n) is 3.69. The molecule has 1 aliphatic rings. The van der Waals surface area contributed by atoms with Crippen LogP contribution in [0.25, 0.3) is 0 Å². The van der Waals surface area contributed by atoms with Gasteiger partial charge in [-0.1, -0.05) is 0 Å². The molecule has 1 rings (SSSR count). The second kappa shape index (κ2) is 9.91. The number of carboxylic acid groups (broad SMARTS) is 1. The molecule has 1 heterocycles. The van der Waals surface area contributed by atoms with Gasteiger partial charge in [-0.25, -0.2) is 9.59 Å². The van der Waals surface area contributed by atoms with Gasteiger partial charge in [0.05, 0.1) is 12.6 Å². The molecule has 152 valence electrons. The Kier molecular flexibility index (Phi) is 8.23. The normalized spacial score (nSPS) is 17.7. The van der Waals surface area contributed by atoms with Gasteiger partial charge in [0.15, 0.2) is 0 Å². The zero-order chi connectivity index (χ0) is 20.6. The van der Waals surface area contributed by atoms with Gasteiger partial charge >= 0.3 is 12.1 Å². The summed E-state index contributed by atoms with van der Waals surface area (Å²) in [6, 6.07) is -0.564. The van der Waals surface area contributed by atoms with Gasteiger partial charge in [0.2, 0.25) is 11.8 Å². The average molecular weight is 385 g/mol. The molecule has 10 heteroatoms. The first-order valence-electron chi connectivity index (χ1n) is 8.60.